The molecule has 1 N–H and O–H groups in total. The van der Waals surface area contributed by atoms with Crippen molar-refractivity contribution in [2.45, 2.75) is 12.1 Å². The Morgan fingerprint density at radius 3 is 2.16 bits per heavy atom. The summed E-state index contributed by atoms with van der Waals surface area (Å²) in [6.07, 6.45) is -2.73. The Bertz CT molecular complexity index is 958. The number of alkyl halides is 3. The molecule has 124 valence electrons. The van der Waals surface area contributed by atoms with Crippen LogP contribution in [0.3, 0.4) is 0 Å². The first-order valence-electron chi connectivity index (χ1n) is 7.48. The van der Waals surface area contributed by atoms with Crippen LogP contribution in [0.5, 0.6) is 0 Å². The van der Waals surface area contributed by atoms with Gasteiger partial charge in [-0.05, 0) is 29.3 Å². The first-order chi connectivity index (χ1) is 12.0. The number of halogens is 3. The number of rotatable bonds is 3. The Balaban J connectivity index is 2.14. The summed E-state index contributed by atoms with van der Waals surface area (Å²) in [5, 5.41) is 19.5. The van der Waals surface area contributed by atoms with Crippen molar-refractivity contribution in [2.75, 3.05) is 0 Å². The molecule has 0 spiro atoms. The lowest BCUT2D eigenvalue weighted by Gasteiger charge is -2.18. The van der Waals surface area contributed by atoms with E-state index in [0.29, 0.717) is 11.1 Å². The number of nitrogens with one attached hydrogen (secondary N) is 1. The van der Waals surface area contributed by atoms with Crippen molar-refractivity contribution in [1.29, 1.82) is 10.5 Å². The van der Waals surface area contributed by atoms with Crippen molar-refractivity contribution in [3.63, 3.8) is 0 Å². The highest BCUT2D eigenvalue weighted by atomic mass is 19.4. The normalized spacial score (nSPS) is 12.7. The molecule has 1 unspecified atom stereocenters. The molecule has 0 aliphatic heterocycles. The van der Waals surface area contributed by atoms with E-state index in [2.05, 4.69) is 4.98 Å². The van der Waals surface area contributed by atoms with E-state index in [0.717, 1.165) is 23.0 Å². The molecule has 3 aromatic rings. The van der Waals surface area contributed by atoms with Crippen LogP contribution in [0.25, 0.3) is 10.9 Å². The SMILES string of the molecule is N#CC(C#N)C(c1ccc(C(F)(F)F)cc1)c1c[nH]c2ccccc12. The number of nitriles is 2. The Hall–Kier alpha value is -3.25. The number of aromatic nitrogens is 1. The van der Waals surface area contributed by atoms with Crippen molar-refractivity contribution < 1.29 is 13.2 Å². The molecule has 0 amide bonds. The summed E-state index contributed by atoms with van der Waals surface area (Å²) < 4.78 is 38.4. The summed E-state index contributed by atoms with van der Waals surface area (Å²) in [7, 11) is 0. The van der Waals surface area contributed by atoms with E-state index in [9.17, 15) is 23.7 Å². The molecule has 2 aromatic carbocycles. The highest BCUT2D eigenvalue weighted by Crippen LogP contribution is 2.37. The Morgan fingerprint density at radius 1 is 0.920 bits per heavy atom. The van der Waals surface area contributed by atoms with Crippen LogP contribution in [0.15, 0.2) is 54.7 Å². The zero-order valence-corrected chi connectivity index (χ0v) is 12.9. The molecular formula is C19H12F3N3. The number of hydrogen-bond acceptors (Lipinski definition) is 2. The summed E-state index contributed by atoms with van der Waals surface area (Å²) in [5.74, 6) is -1.66. The van der Waals surface area contributed by atoms with E-state index in [-0.39, 0.29) is 0 Å². The first-order valence-corrected chi connectivity index (χ1v) is 7.48. The van der Waals surface area contributed by atoms with E-state index in [1.807, 2.05) is 36.4 Å². The maximum atomic E-state index is 12.8. The molecular weight excluding hydrogens is 327 g/mol. The van der Waals surface area contributed by atoms with Crippen LogP contribution >= 0.6 is 0 Å². The number of nitrogens with zero attached hydrogens (tertiary/aromatic N) is 2. The standard InChI is InChI=1S/C19H12F3N3/c20-19(21,22)14-7-5-12(6-8-14)18(13(9-23)10-24)16-11-25-17-4-2-1-3-15(16)17/h1-8,11,13,18,25H. The van der Waals surface area contributed by atoms with Crippen molar-refractivity contribution in [3.8, 4) is 12.1 Å². The summed E-state index contributed by atoms with van der Waals surface area (Å²) in [4.78, 5) is 3.08. The lowest BCUT2D eigenvalue weighted by molar-refractivity contribution is -0.137. The average Bonchev–Trinajstić information content (AvgIpc) is 3.02. The van der Waals surface area contributed by atoms with Gasteiger partial charge < -0.3 is 4.98 Å². The van der Waals surface area contributed by atoms with Crippen LogP contribution in [-0.2, 0) is 6.18 Å². The van der Waals surface area contributed by atoms with E-state index in [4.69, 9.17) is 0 Å². The lowest BCUT2D eigenvalue weighted by Crippen LogP contribution is -2.12. The molecule has 25 heavy (non-hydrogen) atoms. The highest BCUT2D eigenvalue weighted by molar-refractivity contribution is 5.84. The molecule has 6 heteroatoms. The summed E-state index contributed by atoms with van der Waals surface area (Å²) in [6, 6.07) is 15.9. The minimum absolute atomic E-state index is 0.492. The second-order valence-corrected chi connectivity index (χ2v) is 5.62. The Kier molecular flexibility index (Phi) is 4.21. The number of aromatic amines is 1. The number of benzene rings is 2. The van der Waals surface area contributed by atoms with Gasteiger partial charge in [-0.1, -0.05) is 30.3 Å². The molecule has 0 bridgehead atoms. The van der Waals surface area contributed by atoms with Gasteiger partial charge in [0.05, 0.1) is 17.7 Å². The monoisotopic (exact) mass is 339 g/mol. The van der Waals surface area contributed by atoms with Crippen LogP contribution in [0.1, 0.15) is 22.6 Å². The number of para-hydroxylation sites is 1. The van der Waals surface area contributed by atoms with Crippen LogP contribution < -0.4 is 0 Å². The fraction of sp³-hybridized carbons (Fsp3) is 0.158. The summed E-state index contributed by atoms with van der Waals surface area (Å²) in [6.45, 7) is 0. The molecule has 3 rings (SSSR count). The molecule has 1 aromatic heterocycles. The third-order valence-corrected chi connectivity index (χ3v) is 4.16. The molecule has 0 aliphatic carbocycles. The lowest BCUT2D eigenvalue weighted by atomic mass is 9.81. The van der Waals surface area contributed by atoms with Gasteiger partial charge in [-0.15, -0.1) is 0 Å². The van der Waals surface area contributed by atoms with Gasteiger partial charge in [0.25, 0.3) is 0 Å². The fourth-order valence-corrected chi connectivity index (χ4v) is 2.96. The minimum Gasteiger partial charge on any atom is -0.361 e. The molecule has 0 fully saturated rings. The van der Waals surface area contributed by atoms with Gasteiger partial charge in [-0.3, -0.25) is 0 Å². The smallest absolute Gasteiger partial charge is 0.361 e. The van der Waals surface area contributed by atoms with Crippen molar-refractivity contribution in [1.82, 2.24) is 4.98 Å². The van der Waals surface area contributed by atoms with E-state index in [1.54, 1.807) is 6.20 Å². The molecule has 0 saturated heterocycles. The van der Waals surface area contributed by atoms with Crippen LogP contribution in [0, 0.1) is 28.6 Å². The molecule has 1 atom stereocenters. The second kappa shape index (κ2) is 6.33. The van der Waals surface area contributed by atoms with Gasteiger partial charge in [0.15, 0.2) is 0 Å². The highest BCUT2D eigenvalue weighted by Gasteiger charge is 2.32. The Morgan fingerprint density at radius 2 is 1.56 bits per heavy atom. The molecule has 3 nitrogen and oxygen atoms in total. The van der Waals surface area contributed by atoms with E-state index >= 15 is 0 Å². The van der Waals surface area contributed by atoms with Crippen LogP contribution in [0.2, 0.25) is 0 Å². The van der Waals surface area contributed by atoms with Gasteiger partial charge in [-0.25, -0.2) is 0 Å². The number of fused-ring (bicyclic) bond motifs is 1. The summed E-state index contributed by atoms with van der Waals surface area (Å²) >= 11 is 0. The van der Waals surface area contributed by atoms with Crippen LogP contribution in [-0.4, -0.2) is 4.98 Å². The third kappa shape index (κ3) is 3.07. The zero-order valence-electron chi connectivity index (χ0n) is 12.9. The number of hydrogen-bond donors (Lipinski definition) is 1. The quantitative estimate of drug-likeness (QED) is 0.731. The first kappa shape index (κ1) is 16.6. The fourth-order valence-electron chi connectivity index (χ4n) is 2.96. The second-order valence-electron chi connectivity index (χ2n) is 5.62. The topological polar surface area (TPSA) is 63.4 Å². The van der Waals surface area contributed by atoms with Crippen molar-refractivity contribution in [3.05, 3.63) is 71.4 Å². The minimum atomic E-state index is -4.43. The largest absolute Gasteiger partial charge is 0.416 e. The molecule has 0 radical (unpaired) electrons. The van der Waals surface area contributed by atoms with Gasteiger partial charge in [0, 0.05) is 23.0 Å². The Labute approximate surface area is 141 Å². The van der Waals surface area contributed by atoms with Gasteiger partial charge in [-0.2, -0.15) is 23.7 Å². The van der Waals surface area contributed by atoms with Gasteiger partial charge in [0.1, 0.15) is 5.92 Å². The van der Waals surface area contributed by atoms with Gasteiger partial charge >= 0.3 is 6.18 Å². The van der Waals surface area contributed by atoms with Crippen LogP contribution in [0.4, 0.5) is 13.2 Å². The predicted molar refractivity (Wildman–Crippen MR) is 86.3 cm³/mol. The van der Waals surface area contributed by atoms with Crippen molar-refractivity contribution in [2.24, 2.45) is 5.92 Å². The predicted octanol–water partition coefficient (Wildman–Crippen LogP) is 4.98. The third-order valence-electron chi connectivity index (χ3n) is 4.16. The summed E-state index contributed by atoms with van der Waals surface area (Å²) in [5.41, 5.74) is 1.28. The molecule has 0 saturated carbocycles. The maximum Gasteiger partial charge on any atom is 0.416 e. The van der Waals surface area contributed by atoms with E-state index < -0.39 is 23.6 Å². The molecule has 1 heterocycles. The number of H-pyrrole nitrogens is 1. The van der Waals surface area contributed by atoms with Gasteiger partial charge in [0.2, 0.25) is 0 Å². The maximum absolute atomic E-state index is 12.8. The molecule has 0 aliphatic rings. The average molecular weight is 339 g/mol. The van der Waals surface area contributed by atoms with Crippen molar-refractivity contribution >= 4 is 10.9 Å². The zero-order chi connectivity index (χ0) is 18.0. The van der Waals surface area contributed by atoms with E-state index in [1.165, 1.54) is 12.1 Å².